The number of carbonyl (C=O) groups is 6. The number of benzene rings is 3. The predicted molar refractivity (Wildman–Crippen MR) is 238 cm³/mol. The van der Waals surface area contributed by atoms with E-state index in [-0.39, 0.29) is 41.3 Å². The van der Waals surface area contributed by atoms with Crippen LogP contribution in [0.4, 0.5) is 31.0 Å². The number of alkyl carbamates (subject to hydrolysis) is 2. The Balaban J connectivity index is 0.970. The standard InChI is InChI=1S/C48H60FN7O8/c1-63-47(61)52-41(33-9-3-4-10-33)45(59)55-27-7-13-39(55)43(57)50-36-21-15-31(16-22-36)29-54(38-25-19-35(49)20-26-38)30-32-17-23-37(24-18-32)51-44(58)40-14-8-28-56(40)46(60)42(53-48(62)64-2)34-11-5-6-12-34/h15-26,33-34,39-42H,3-14,27-30H2,1-2H3,(H,50,57)(H,51,58)(H,52,61)(H,53,62)/t39-,40-,41-,42-/m0/s1. The van der Waals surface area contributed by atoms with Crippen LogP contribution in [0.3, 0.4) is 0 Å². The van der Waals surface area contributed by atoms with Crippen molar-refractivity contribution in [3.05, 3.63) is 89.7 Å². The molecule has 4 fully saturated rings. The van der Waals surface area contributed by atoms with E-state index in [1.807, 2.05) is 48.5 Å². The Morgan fingerprint density at radius 3 is 1.34 bits per heavy atom. The smallest absolute Gasteiger partial charge is 0.407 e. The van der Waals surface area contributed by atoms with E-state index in [9.17, 15) is 33.2 Å². The zero-order valence-corrected chi connectivity index (χ0v) is 36.7. The highest BCUT2D eigenvalue weighted by Crippen LogP contribution is 2.33. The topological polar surface area (TPSA) is 179 Å². The molecule has 0 radical (unpaired) electrons. The number of ether oxygens (including phenoxy) is 2. The molecule has 4 atom stereocenters. The van der Waals surface area contributed by atoms with Gasteiger partial charge in [-0.2, -0.15) is 0 Å². The maximum atomic E-state index is 14.0. The summed E-state index contributed by atoms with van der Waals surface area (Å²) in [6, 6.07) is 18.4. The van der Waals surface area contributed by atoms with Crippen molar-refractivity contribution in [1.82, 2.24) is 20.4 Å². The van der Waals surface area contributed by atoms with E-state index in [4.69, 9.17) is 9.47 Å². The largest absolute Gasteiger partial charge is 0.453 e. The summed E-state index contributed by atoms with van der Waals surface area (Å²) in [5, 5.41) is 11.5. The monoisotopic (exact) mass is 881 g/mol. The highest BCUT2D eigenvalue weighted by atomic mass is 19.1. The first kappa shape index (κ1) is 45.8. The zero-order valence-electron chi connectivity index (χ0n) is 36.7. The van der Waals surface area contributed by atoms with E-state index >= 15 is 0 Å². The minimum Gasteiger partial charge on any atom is -0.453 e. The molecule has 3 aromatic rings. The van der Waals surface area contributed by atoms with Crippen molar-refractivity contribution in [3.63, 3.8) is 0 Å². The summed E-state index contributed by atoms with van der Waals surface area (Å²) in [5.41, 5.74) is 3.82. The van der Waals surface area contributed by atoms with Gasteiger partial charge in [-0.15, -0.1) is 0 Å². The maximum absolute atomic E-state index is 14.0. The zero-order chi connectivity index (χ0) is 45.2. The normalized spacial score (nSPS) is 19.7. The molecule has 4 aliphatic rings. The van der Waals surface area contributed by atoms with Gasteiger partial charge in [0, 0.05) is 43.2 Å². The molecule has 2 heterocycles. The van der Waals surface area contributed by atoms with Gasteiger partial charge in [-0.1, -0.05) is 49.9 Å². The quantitative estimate of drug-likeness (QED) is 0.129. The fraction of sp³-hybridized carbons (Fsp3) is 0.500. The van der Waals surface area contributed by atoms with Gasteiger partial charge in [0.15, 0.2) is 0 Å². The number of hydrogen-bond acceptors (Lipinski definition) is 9. The molecule has 2 saturated carbocycles. The average Bonchev–Trinajstić information content (AvgIpc) is 4.17. The van der Waals surface area contributed by atoms with Crippen LogP contribution < -0.4 is 26.2 Å². The molecule has 16 heteroatoms. The molecule has 0 spiro atoms. The van der Waals surface area contributed by atoms with E-state index in [1.165, 1.54) is 26.4 Å². The van der Waals surface area contributed by atoms with E-state index in [2.05, 4.69) is 26.2 Å². The number of amides is 6. The van der Waals surface area contributed by atoms with E-state index in [1.54, 1.807) is 21.9 Å². The molecule has 0 unspecified atom stereocenters. The molecule has 15 nitrogen and oxygen atoms in total. The fourth-order valence-electron chi connectivity index (χ4n) is 9.85. The molecule has 0 bridgehead atoms. The van der Waals surface area contributed by atoms with Crippen molar-refractivity contribution in [2.45, 2.75) is 114 Å². The number of methoxy groups -OCH3 is 2. The van der Waals surface area contributed by atoms with E-state index in [0.717, 1.165) is 68.2 Å². The molecule has 2 saturated heterocycles. The van der Waals surface area contributed by atoms with Crippen LogP contribution >= 0.6 is 0 Å². The number of carbonyl (C=O) groups excluding carboxylic acids is 6. The highest BCUT2D eigenvalue weighted by Gasteiger charge is 2.43. The number of halogens is 1. The number of anilines is 3. The van der Waals surface area contributed by atoms with Crippen molar-refractivity contribution in [3.8, 4) is 0 Å². The lowest BCUT2D eigenvalue weighted by molar-refractivity contribution is -0.139. The molecule has 7 rings (SSSR count). The molecule has 4 N–H and O–H groups in total. The molecule has 6 amide bonds. The van der Waals surface area contributed by atoms with Crippen molar-refractivity contribution >= 4 is 52.9 Å². The van der Waals surface area contributed by atoms with Crippen LogP contribution in [0, 0.1) is 17.7 Å². The van der Waals surface area contributed by atoms with Gasteiger partial charge in [0.1, 0.15) is 30.0 Å². The third-order valence-electron chi connectivity index (χ3n) is 13.3. The second kappa shape index (κ2) is 21.5. The van der Waals surface area contributed by atoms with Crippen molar-refractivity contribution in [2.75, 3.05) is 42.8 Å². The van der Waals surface area contributed by atoms with Crippen molar-refractivity contribution in [1.29, 1.82) is 0 Å². The fourth-order valence-corrected chi connectivity index (χ4v) is 9.85. The summed E-state index contributed by atoms with van der Waals surface area (Å²) in [6.07, 6.45) is 8.33. The SMILES string of the molecule is COC(=O)N[C@H](C(=O)N1CCC[C@H]1C(=O)Nc1ccc(CN(Cc2ccc(NC(=O)[C@@H]3CCCN3C(=O)[C@@H](NC(=O)OC)C3CCCC3)cc2)c2ccc(F)cc2)cc1)C1CCCC1. The lowest BCUT2D eigenvalue weighted by Crippen LogP contribution is -2.54. The Morgan fingerprint density at radius 2 is 0.969 bits per heavy atom. The molecule has 342 valence electrons. The van der Waals surface area contributed by atoms with Crippen molar-refractivity contribution in [2.24, 2.45) is 11.8 Å². The minimum absolute atomic E-state index is 0.00211. The van der Waals surface area contributed by atoms with Crippen LogP contribution in [-0.2, 0) is 41.7 Å². The molecule has 2 aliphatic heterocycles. The van der Waals surface area contributed by atoms with Gasteiger partial charge in [-0.3, -0.25) is 19.2 Å². The number of nitrogens with one attached hydrogen (secondary N) is 4. The first-order valence-electron chi connectivity index (χ1n) is 22.6. The summed E-state index contributed by atoms with van der Waals surface area (Å²) in [4.78, 5) is 84.5. The molecular formula is C48H60FN7O8. The van der Waals surface area contributed by atoms with Gasteiger partial charge in [0.25, 0.3) is 0 Å². The Bertz CT molecular complexity index is 1980. The lowest BCUT2D eigenvalue weighted by Gasteiger charge is -2.31. The Morgan fingerprint density at radius 1 is 0.578 bits per heavy atom. The third kappa shape index (κ3) is 11.3. The van der Waals surface area contributed by atoms with Gasteiger partial charge in [-0.05, 0) is 123 Å². The highest BCUT2D eigenvalue weighted by molar-refractivity contribution is 5.99. The second-order valence-electron chi connectivity index (χ2n) is 17.4. The first-order chi connectivity index (χ1) is 31.0. The Kier molecular flexibility index (Phi) is 15.4. The summed E-state index contributed by atoms with van der Waals surface area (Å²) in [6.45, 7) is 1.77. The van der Waals surface area contributed by atoms with Crippen LogP contribution in [0.5, 0.6) is 0 Å². The van der Waals surface area contributed by atoms with Crippen LogP contribution in [0.25, 0.3) is 0 Å². The van der Waals surface area contributed by atoms with Gasteiger partial charge in [-0.25, -0.2) is 14.0 Å². The average molecular weight is 882 g/mol. The van der Waals surface area contributed by atoms with Crippen molar-refractivity contribution < 1.29 is 42.6 Å². The molecule has 3 aromatic carbocycles. The van der Waals surface area contributed by atoms with Crippen LogP contribution in [-0.4, -0.2) is 97.1 Å². The van der Waals surface area contributed by atoms with Gasteiger partial charge in [0.2, 0.25) is 23.6 Å². The Hall–Kier alpha value is -6.19. The lowest BCUT2D eigenvalue weighted by atomic mass is 9.96. The number of hydrogen-bond donors (Lipinski definition) is 4. The number of likely N-dealkylation sites (tertiary alicyclic amines) is 2. The second-order valence-corrected chi connectivity index (χ2v) is 17.4. The van der Waals surface area contributed by atoms with Crippen LogP contribution in [0.2, 0.25) is 0 Å². The molecule has 64 heavy (non-hydrogen) atoms. The number of nitrogens with zero attached hydrogens (tertiary/aromatic N) is 3. The molecule has 0 aromatic heterocycles. The predicted octanol–water partition coefficient (Wildman–Crippen LogP) is 6.72. The third-order valence-corrected chi connectivity index (χ3v) is 13.3. The minimum atomic E-state index is -0.740. The summed E-state index contributed by atoms with van der Waals surface area (Å²) in [7, 11) is 2.54. The maximum Gasteiger partial charge on any atom is 0.407 e. The Labute approximate surface area is 373 Å². The summed E-state index contributed by atoms with van der Waals surface area (Å²) in [5.74, 6) is -1.44. The van der Waals surface area contributed by atoms with Gasteiger partial charge >= 0.3 is 12.2 Å². The number of rotatable bonds is 15. The molecular weight excluding hydrogens is 822 g/mol. The summed E-state index contributed by atoms with van der Waals surface area (Å²) < 4.78 is 23.7. The van der Waals surface area contributed by atoms with Gasteiger partial charge < -0.3 is 45.4 Å². The van der Waals surface area contributed by atoms with Crippen LogP contribution in [0.15, 0.2) is 72.8 Å². The van der Waals surface area contributed by atoms with Gasteiger partial charge in [0.05, 0.1) is 14.2 Å². The van der Waals surface area contributed by atoms with Crippen LogP contribution in [0.1, 0.15) is 88.2 Å². The molecule has 2 aliphatic carbocycles. The van der Waals surface area contributed by atoms with E-state index < -0.39 is 36.4 Å². The first-order valence-corrected chi connectivity index (χ1v) is 22.6. The summed E-state index contributed by atoms with van der Waals surface area (Å²) >= 11 is 0. The van der Waals surface area contributed by atoms with E-state index in [0.29, 0.717) is 63.2 Å².